The number of aryl methyl sites for hydroxylation is 1. The number of ether oxygens (including phenoxy) is 1. The molecule has 7 nitrogen and oxygen atoms in total. The summed E-state index contributed by atoms with van der Waals surface area (Å²) in [4.78, 5) is 24.7. The summed E-state index contributed by atoms with van der Waals surface area (Å²) in [5, 5.41) is 3.51. The minimum absolute atomic E-state index is 0.0944. The van der Waals surface area contributed by atoms with Crippen LogP contribution >= 0.6 is 0 Å². The number of pyridine rings is 1. The fourth-order valence-electron chi connectivity index (χ4n) is 5.36. The van der Waals surface area contributed by atoms with E-state index < -0.39 is 17.6 Å². The number of alkyl halides is 3. The highest BCUT2D eigenvalue weighted by Crippen LogP contribution is 2.35. The number of anilines is 1. The molecule has 220 valence electrons. The molecule has 42 heavy (non-hydrogen) atoms. The molecule has 3 heterocycles. The third-order valence-corrected chi connectivity index (χ3v) is 7.80. The molecule has 1 amide bonds. The highest BCUT2D eigenvalue weighted by Gasteiger charge is 2.35. The number of fused-ring (bicyclic) bond motifs is 1. The third-order valence-electron chi connectivity index (χ3n) is 7.80. The first-order valence-electron chi connectivity index (χ1n) is 13.7. The molecule has 1 aliphatic heterocycles. The molecule has 1 saturated heterocycles. The number of likely N-dealkylation sites (tertiary alicyclic amines) is 1. The van der Waals surface area contributed by atoms with E-state index in [-0.39, 0.29) is 17.8 Å². The van der Waals surface area contributed by atoms with E-state index >= 15 is 0 Å². The number of aromatic amines is 1. The summed E-state index contributed by atoms with van der Waals surface area (Å²) in [6, 6.07) is 11.4. The molecule has 10 heteroatoms. The van der Waals surface area contributed by atoms with Crippen molar-refractivity contribution < 1.29 is 22.7 Å². The first-order chi connectivity index (χ1) is 20.0. The predicted molar refractivity (Wildman–Crippen MR) is 160 cm³/mol. The number of methoxy groups -OCH3 is 1. The molecule has 2 aromatic carbocycles. The molecule has 1 unspecified atom stereocenters. The molecule has 2 aromatic heterocycles. The van der Waals surface area contributed by atoms with Crippen LogP contribution in [0.1, 0.15) is 44.6 Å². The van der Waals surface area contributed by atoms with Gasteiger partial charge in [-0.25, -0.2) is 4.98 Å². The van der Waals surface area contributed by atoms with Crippen LogP contribution in [0.3, 0.4) is 0 Å². The second-order valence-electron chi connectivity index (χ2n) is 10.9. The van der Waals surface area contributed by atoms with Crippen LogP contribution < -0.4 is 10.1 Å². The Bertz CT molecular complexity index is 1630. The highest BCUT2D eigenvalue weighted by molar-refractivity contribution is 6.05. The summed E-state index contributed by atoms with van der Waals surface area (Å²) in [5.41, 5.74) is 3.09. The average molecular weight is 578 g/mol. The molecule has 0 aliphatic carbocycles. The lowest BCUT2D eigenvalue weighted by Gasteiger charge is -2.22. The van der Waals surface area contributed by atoms with Gasteiger partial charge in [-0.05, 0) is 80.5 Å². The maximum Gasteiger partial charge on any atom is 0.416 e. The molecule has 1 aliphatic rings. The highest BCUT2D eigenvalue weighted by atomic mass is 19.4. The van der Waals surface area contributed by atoms with E-state index in [0.717, 1.165) is 53.3 Å². The number of likely N-dealkylation sites (N-methyl/N-ethyl adjacent to an activating group) is 1. The third kappa shape index (κ3) is 6.34. The summed E-state index contributed by atoms with van der Waals surface area (Å²) in [7, 11) is 5.57. The van der Waals surface area contributed by atoms with Crippen molar-refractivity contribution in [2.24, 2.45) is 0 Å². The topological polar surface area (TPSA) is 73.5 Å². The largest absolute Gasteiger partial charge is 0.495 e. The molecule has 0 spiro atoms. The minimum atomic E-state index is -4.54. The fourth-order valence-corrected chi connectivity index (χ4v) is 5.36. The smallest absolute Gasteiger partial charge is 0.416 e. The zero-order chi connectivity index (χ0) is 30.0. The molecule has 5 rings (SSSR count). The van der Waals surface area contributed by atoms with Crippen LogP contribution in [-0.2, 0) is 12.7 Å². The van der Waals surface area contributed by atoms with Crippen LogP contribution in [0.15, 0.2) is 54.9 Å². The Balaban J connectivity index is 1.34. The normalized spacial score (nSPS) is 16.1. The zero-order valence-electron chi connectivity index (χ0n) is 24.0. The van der Waals surface area contributed by atoms with Gasteiger partial charge in [0, 0.05) is 54.9 Å². The maximum atomic E-state index is 14.0. The molecule has 2 N–H and O–H groups in total. The molecule has 0 saturated carbocycles. The molecule has 0 bridgehead atoms. The van der Waals surface area contributed by atoms with Crippen LogP contribution in [0.2, 0.25) is 0 Å². The van der Waals surface area contributed by atoms with Gasteiger partial charge in [0.25, 0.3) is 5.91 Å². The van der Waals surface area contributed by atoms with Crippen molar-refractivity contribution in [2.75, 3.05) is 39.6 Å². The van der Waals surface area contributed by atoms with Gasteiger partial charge in [-0.1, -0.05) is 18.2 Å². The van der Waals surface area contributed by atoms with Crippen molar-refractivity contribution in [1.82, 2.24) is 19.8 Å². The summed E-state index contributed by atoms with van der Waals surface area (Å²) < 4.78 is 47.7. The molecule has 4 aromatic rings. The summed E-state index contributed by atoms with van der Waals surface area (Å²) in [5.74, 6) is 0.182. The number of carbonyl (C=O) groups is 1. The molecule has 1 atom stereocenters. The van der Waals surface area contributed by atoms with E-state index in [0.29, 0.717) is 17.4 Å². The van der Waals surface area contributed by atoms with Crippen LogP contribution in [0.5, 0.6) is 5.75 Å². The fraction of sp³-hybridized carbons (Fsp3) is 0.312. The second-order valence-corrected chi connectivity index (χ2v) is 10.9. The lowest BCUT2D eigenvalue weighted by Crippen LogP contribution is -2.31. The van der Waals surface area contributed by atoms with Crippen molar-refractivity contribution in [2.45, 2.75) is 32.1 Å². The number of hydrogen-bond donors (Lipinski definition) is 2. The Morgan fingerprint density at radius 2 is 1.95 bits per heavy atom. The van der Waals surface area contributed by atoms with Gasteiger partial charge in [-0.3, -0.25) is 9.69 Å². The number of halogens is 3. The van der Waals surface area contributed by atoms with Crippen LogP contribution in [0, 0.1) is 6.92 Å². The Morgan fingerprint density at radius 3 is 2.67 bits per heavy atom. The number of H-pyrrole nitrogens is 1. The number of aromatic nitrogens is 2. The Hall–Kier alpha value is -4.15. The van der Waals surface area contributed by atoms with Crippen molar-refractivity contribution in [1.29, 1.82) is 0 Å². The molecule has 0 radical (unpaired) electrons. The number of amides is 1. The van der Waals surface area contributed by atoms with Gasteiger partial charge >= 0.3 is 6.18 Å². The lowest BCUT2D eigenvalue weighted by atomic mass is 10.0. The number of hydrogen-bond acceptors (Lipinski definition) is 5. The standard InChI is InChI=1S/C32H34F3N5O2/c1-20-5-6-22(15-21(20)7-8-23-17-37-30-27(11-13-36-30)29(23)42-4)31(41)38-25-10-9-24(28(16-25)32(33,34)35)18-40-14-12-26(19-40)39(2)3/h5-11,13,15-17,26H,12,14,18-19H2,1-4H3,(H,36,37)(H,38,41)/b8-7+. The number of nitrogens with one attached hydrogen (secondary N) is 2. The zero-order valence-corrected chi connectivity index (χ0v) is 24.0. The van der Waals surface area contributed by atoms with E-state index in [9.17, 15) is 18.0 Å². The summed E-state index contributed by atoms with van der Waals surface area (Å²) in [6.07, 6.45) is 3.59. The van der Waals surface area contributed by atoms with Crippen molar-refractivity contribution in [3.63, 3.8) is 0 Å². The van der Waals surface area contributed by atoms with E-state index in [1.807, 2.05) is 44.1 Å². The first kappa shape index (κ1) is 29.3. The quantitative estimate of drug-likeness (QED) is 0.252. The maximum absolute atomic E-state index is 14.0. The minimum Gasteiger partial charge on any atom is -0.495 e. The van der Waals surface area contributed by atoms with Crippen molar-refractivity contribution in [3.8, 4) is 5.75 Å². The second kappa shape index (κ2) is 12.0. The van der Waals surface area contributed by atoms with Gasteiger partial charge in [0.05, 0.1) is 18.1 Å². The first-order valence-corrected chi connectivity index (χ1v) is 13.7. The predicted octanol–water partition coefficient (Wildman–Crippen LogP) is 6.46. The SMILES string of the molecule is COc1c(/C=C/c2cc(C(=O)Nc3ccc(CN4CCC(N(C)C)C4)c(C(F)(F)F)c3)ccc2C)cnc2[nH]ccc12. The van der Waals surface area contributed by atoms with Crippen LogP contribution in [0.25, 0.3) is 23.2 Å². The van der Waals surface area contributed by atoms with Crippen LogP contribution in [0.4, 0.5) is 18.9 Å². The lowest BCUT2D eigenvalue weighted by molar-refractivity contribution is -0.138. The summed E-state index contributed by atoms with van der Waals surface area (Å²) >= 11 is 0. The van der Waals surface area contributed by atoms with Gasteiger partial charge in [-0.2, -0.15) is 13.2 Å². The van der Waals surface area contributed by atoms with Crippen molar-refractivity contribution in [3.05, 3.63) is 88.2 Å². The van der Waals surface area contributed by atoms with E-state index in [1.165, 1.54) is 12.1 Å². The Kier molecular flexibility index (Phi) is 8.38. The molecular formula is C32H34F3N5O2. The van der Waals surface area contributed by atoms with E-state index in [2.05, 4.69) is 20.2 Å². The average Bonchev–Trinajstić information content (AvgIpc) is 3.62. The molecular weight excluding hydrogens is 543 g/mol. The van der Waals surface area contributed by atoms with Gasteiger partial charge < -0.3 is 19.9 Å². The summed E-state index contributed by atoms with van der Waals surface area (Å²) in [6.45, 7) is 3.59. The Morgan fingerprint density at radius 1 is 1.17 bits per heavy atom. The Labute approximate surface area is 243 Å². The monoisotopic (exact) mass is 577 g/mol. The van der Waals surface area contributed by atoms with Crippen LogP contribution in [-0.4, -0.2) is 66.0 Å². The van der Waals surface area contributed by atoms with Gasteiger partial charge in [0.2, 0.25) is 0 Å². The number of carbonyl (C=O) groups excluding carboxylic acids is 1. The van der Waals surface area contributed by atoms with Gasteiger partial charge in [-0.15, -0.1) is 0 Å². The number of nitrogens with zero attached hydrogens (tertiary/aromatic N) is 3. The van der Waals surface area contributed by atoms with E-state index in [1.54, 1.807) is 37.7 Å². The molecule has 1 fully saturated rings. The van der Waals surface area contributed by atoms with Crippen molar-refractivity contribution >= 4 is 34.8 Å². The van der Waals surface area contributed by atoms with Gasteiger partial charge in [0.1, 0.15) is 11.4 Å². The van der Waals surface area contributed by atoms with Gasteiger partial charge in [0.15, 0.2) is 0 Å². The number of benzene rings is 2. The van der Waals surface area contributed by atoms with E-state index in [4.69, 9.17) is 4.74 Å². The number of rotatable bonds is 8.